The number of likely N-dealkylation sites (tertiary alicyclic amines) is 1. The molecule has 216 valence electrons. The Bertz CT molecular complexity index is 1150. The quantitative estimate of drug-likeness (QED) is 0.508. The van der Waals surface area contributed by atoms with Gasteiger partial charge in [0, 0.05) is 30.7 Å². The monoisotopic (exact) mass is 584 g/mol. The average molecular weight is 585 g/mol. The molecule has 1 spiro atoms. The zero-order chi connectivity index (χ0) is 29.6. The van der Waals surface area contributed by atoms with Gasteiger partial charge in [0.05, 0.1) is 22.7 Å². The normalized spacial score (nSPS) is 19.2. The van der Waals surface area contributed by atoms with Crippen molar-refractivity contribution >= 4 is 35.0 Å². The van der Waals surface area contributed by atoms with Gasteiger partial charge in [0.15, 0.2) is 0 Å². The van der Waals surface area contributed by atoms with E-state index in [4.69, 9.17) is 19.8 Å². The fraction of sp³-hybridized carbons (Fsp3) is 0.522. The number of piperidine rings is 1. The molecular weight excluding hydrogens is 558 g/mol. The van der Waals surface area contributed by atoms with Crippen LogP contribution in [0.5, 0.6) is 0 Å². The SMILES string of the molecule is Cc1cccc(N2CCCC3(CCN(Cc4csc(C)n4)C3=O)C2)n1.O=C(O)C(F)(F)F.O=C(O)C(F)(F)F. The summed E-state index contributed by atoms with van der Waals surface area (Å²) in [6.07, 6.45) is -7.19. The van der Waals surface area contributed by atoms with E-state index in [0.717, 1.165) is 61.1 Å². The second-order valence-electron chi connectivity index (χ2n) is 8.88. The molecule has 0 aromatic carbocycles. The van der Waals surface area contributed by atoms with Gasteiger partial charge in [-0.05, 0) is 45.2 Å². The molecule has 1 amide bonds. The Hall–Kier alpha value is -3.43. The zero-order valence-electron chi connectivity index (χ0n) is 20.8. The number of alkyl halides is 6. The van der Waals surface area contributed by atoms with Gasteiger partial charge in [-0.25, -0.2) is 19.6 Å². The molecule has 2 aliphatic rings. The summed E-state index contributed by atoms with van der Waals surface area (Å²) in [5.74, 6) is -4.21. The fourth-order valence-electron chi connectivity index (χ4n) is 4.13. The van der Waals surface area contributed by atoms with Gasteiger partial charge in [-0.15, -0.1) is 11.3 Å². The highest BCUT2D eigenvalue weighted by Crippen LogP contribution is 2.41. The summed E-state index contributed by atoms with van der Waals surface area (Å²) >= 11 is 1.65. The minimum atomic E-state index is -5.08. The minimum absolute atomic E-state index is 0.241. The Kier molecular flexibility index (Phi) is 10.3. The third-order valence-electron chi connectivity index (χ3n) is 5.88. The van der Waals surface area contributed by atoms with Crippen LogP contribution in [0.15, 0.2) is 23.6 Å². The zero-order valence-corrected chi connectivity index (χ0v) is 21.7. The number of aryl methyl sites for hydroxylation is 2. The predicted octanol–water partition coefficient (Wildman–Crippen LogP) is 4.44. The summed E-state index contributed by atoms with van der Waals surface area (Å²) < 4.78 is 63.5. The Balaban J connectivity index is 0.000000317. The molecule has 2 aromatic heterocycles. The van der Waals surface area contributed by atoms with E-state index in [1.807, 2.05) is 30.9 Å². The van der Waals surface area contributed by atoms with Crippen LogP contribution in [0.1, 0.15) is 35.7 Å². The molecule has 2 fully saturated rings. The van der Waals surface area contributed by atoms with Crippen LogP contribution >= 0.6 is 11.3 Å². The van der Waals surface area contributed by atoms with Crippen molar-refractivity contribution in [2.45, 2.75) is 52.0 Å². The largest absolute Gasteiger partial charge is 0.490 e. The van der Waals surface area contributed by atoms with Crippen molar-refractivity contribution in [1.82, 2.24) is 14.9 Å². The van der Waals surface area contributed by atoms with E-state index >= 15 is 0 Å². The maximum atomic E-state index is 13.2. The second-order valence-corrected chi connectivity index (χ2v) is 9.95. The Labute approximate surface area is 223 Å². The minimum Gasteiger partial charge on any atom is -0.475 e. The number of carbonyl (C=O) groups is 3. The van der Waals surface area contributed by atoms with Gasteiger partial charge in [0.2, 0.25) is 5.91 Å². The number of nitrogens with zero attached hydrogens (tertiary/aromatic N) is 4. The van der Waals surface area contributed by atoms with Gasteiger partial charge < -0.3 is 20.0 Å². The van der Waals surface area contributed by atoms with Crippen molar-refractivity contribution < 1.29 is 50.9 Å². The van der Waals surface area contributed by atoms with Crippen LogP contribution in [-0.2, 0) is 20.9 Å². The topological polar surface area (TPSA) is 124 Å². The molecule has 0 aliphatic carbocycles. The molecule has 2 aromatic rings. The molecule has 1 unspecified atom stereocenters. The maximum Gasteiger partial charge on any atom is 0.490 e. The van der Waals surface area contributed by atoms with Crippen molar-refractivity contribution in [3.8, 4) is 0 Å². The van der Waals surface area contributed by atoms with E-state index in [1.165, 1.54) is 0 Å². The molecule has 1 atom stereocenters. The lowest BCUT2D eigenvalue weighted by atomic mass is 9.78. The Morgan fingerprint density at radius 3 is 2.08 bits per heavy atom. The first-order valence-corrected chi connectivity index (χ1v) is 12.3. The molecule has 39 heavy (non-hydrogen) atoms. The number of aromatic nitrogens is 2. The lowest BCUT2D eigenvalue weighted by Crippen LogP contribution is -2.48. The highest BCUT2D eigenvalue weighted by molar-refractivity contribution is 7.09. The van der Waals surface area contributed by atoms with Crippen LogP contribution in [0.4, 0.5) is 32.2 Å². The molecule has 9 nitrogen and oxygen atoms in total. The van der Waals surface area contributed by atoms with E-state index in [1.54, 1.807) is 11.3 Å². The first kappa shape index (κ1) is 31.8. The van der Waals surface area contributed by atoms with Crippen LogP contribution in [0.25, 0.3) is 0 Å². The van der Waals surface area contributed by atoms with E-state index in [0.29, 0.717) is 12.5 Å². The van der Waals surface area contributed by atoms with Gasteiger partial charge >= 0.3 is 24.3 Å². The number of carboxylic acid groups (broad SMARTS) is 2. The number of aliphatic carboxylic acids is 2. The number of halogens is 6. The highest BCUT2D eigenvalue weighted by Gasteiger charge is 2.49. The highest BCUT2D eigenvalue weighted by atomic mass is 32.1. The number of thiazole rings is 1. The van der Waals surface area contributed by atoms with E-state index < -0.39 is 24.3 Å². The maximum absolute atomic E-state index is 13.2. The summed E-state index contributed by atoms with van der Waals surface area (Å²) in [6, 6.07) is 6.12. The molecule has 0 bridgehead atoms. The first-order valence-electron chi connectivity index (χ1n) is 11.4. The average Bonchev–Trinajstić information content (AvgIpc) is 3.37. The van der Waals surface area contributed by atoms with Gasteiger partial charge in [0.25, 0.3) is 0 Å². The molecule has 4 rings (SSSR count). The second kappa shape index (κ2) is 12.6. The van der Waals surface area contributed by atoms with Crippen molar-refractivity contribution in [3.63, 3.8) is 0 Å². The summed E-state index contributed by atoms with van der Waals surface area (Å²) in [5.41, 5.74) is 1.80. The number of anilines is 1. The number of rotatable bonds is 3. The number of hydrogen-bond acceptors (Lipinski definition) is 7. The number of pyridine rings is 1. The van der Waals surface area contributed by atoms with Gasteiger partial charge in [-0.3, -0.25) is 4.79 Å². The molecule has 16 heteroatoms. The lowest BCUT2D eigenvalue weighted by molar-refractivity contribution is -0.193. The van der Waals surface area contributed by atoms with Crippen LogP contribution in [0.2, 0.25) is 0 Å². The van der Waals surface area contributed by atoms with E-state index in [2.05, 4.69) is 26.3 Å². The van der Waals surface area contributed by atoms with Crippen LogP contribution in [-0.4, -0.2) is 74.9 Å². The smallest absolute Gasteiger partial charge is 0.475 e. The van der Waals surface area contributed by atoms with Crippen molar-refractivity contribution in [3.05, 3.63) is 40.0 Å². The number of carbonyl (C=O) groups excluding carboxylic acids is 1. The molecular formula is C23H26F6N4O5S. The van der Waals surface area contributed by atoms with Gasteiger partial charge in [-0.1, -0.05) is 6.07 Å². The molecule has 0 radical (unpaired) electrons. The fourth-order valence-corrected chi connectivity index (χ4v) is 4.73. The standard InChI is InChI=1S/C19H24N4OS.2C2HF3O2/c1-14-5-3-6-17(20-14)23-9-4-7-19(13-23)8-10-22(18(19)24)11-16-12-25-15(2)21-16;2*3-2(4,5)1(6)7/h3,5-6,12H,4,7-11,13H2,1-2H3;2*(H,6,7). The lowest BCUT2D eigenvalue weighted by Gasteiger charge is -2.39. The molecule has 4 heterocycles. The molecule has 0 saturated carbocycles. The molecule has 2 aliphatic heterocycles. The third kappa shape index (κ3) is 9.07. The van der Waals surface area contributed by atoms with E-state index in [9.17, 15) is 31.1 Å². The van der Waals surface area contributed by atoms with Gasteiger partial charge in [0.1, 0.15) is 5.82 Å². The summed E-state index contributed by atoms with van der Waals surface area (Å²) in [6.45, 7) is 7.28. The van der Waals surface area contributed by atoms with Crippen LogP contribution in [0.3, 0.4) is 0 Å². The third-order valence-corrected chi connectivity index (χ3v) is 6.70. The van der Waals surface area contributed by atoms with Crippen molar-refractivity contribution in [2.75, 3.05) is 24.5 Å². The first-order chi connectivity index (χ1) is 17.9. The van der Waals surface area contributed by atoms with Crippen molar-refractivity contribution in [2.24, 2.45) is 5.41 Å². The molecule has 2 saturated heterocycles. The van der Waals surface area contributed by atoms with Gasteiger partial charge in [-0.2, -0.15) is 26.3 Å². The Morgan fingerprint density at radius 1 is 1.00 bits per heavy atom. The summed E-state index contributed by atoms with van der Waals surface area (Å²) in [7, 11) is 0. The summed E-state index contributed by atoms with van der Waals surface area (Å²) in [5, 5.41) is 17.4. The number of amides is 1. The predicted molar refractivity (Wildman–Crippen MR) is 127 cm³/mol. The molecule has 2 N–H and O–H groups in total. The number of hydrogen-bond donors (Lipinski definition) is 2. The van der Waals surface area contributed by atoms with Crippen molar-refractivity contribution in [1.29, 1.82) is 0 Å². The van der Waals surface area contributed by atoms with E-state index in [-0.39, 0.29) is 5.41 Å². The van der Waals surface area contributed by atoms with Crippen LogP contribution < -0.4 is 4.90 Å². The van der Waals surface area contributed by atoms with Crippen LogP contribution in [0, 0.1) is 19.3 Å². The Morgan fingerprint density at radius 2 is 1.59 bits per heavy atom. The summed E-state index contributed by atoms with van der Waals surface area (Å²) in [4.78, 5) is 44.5. The number of carboxylic acids is 2.